The van der Waals surface area contributed by atoms with Crippen LogP contribution in [0.2, 0.25) is 5.02 Å². The van der Waals surface area contributed by atoms with Crippen LogP contribution in [0.3, 0.4) is 0 Å². The van der Waals surface area contributed by atoms with Crippen LogP contribution < -0.4 is 5.32 Å². The van der Waals surface area contributed by atoms with E-state index in [1.807, 2.05) is 36.4 Å². The van der Waals surface area contributed by atoms with Crippen LogP contribution in [-0.4, -0.2) is 0 Å². The van der Waals surface area contributed by atoms with Gasteiger partial charge in [-0.3, -0.25) is 5.32 Å². The predicted octanol–water partition coefficient (Wildman–Crippen LogP) is 4.26. The van der Waals surface area contributed by atoms with Gasteiger partial charge in [0.25, 0.3) is 0 Å². The Kier molecular flexibility index (Phi) is 5.17. The summed E-state index contributed by atoms with van der Waals surface area (Å²) in [4.78, 5) is 0. The quantitative estimate of drug-likeness (QED) is 0.890. The molecule has 102 valence electrons. The normalized spacial score (nSPS) is 11.8. The van der Waals surface area contributed by atoms with Gasteiger partial charge in [-0.05, 0) is 29.2 Å². The molecule has 1 atom stereocenters. The highest BCUT2D eigenvalue weighted by Gasteiger charge is 2.10. The molecule has 0 radical (unpaired) electrons. The van der Waals surface area contributed by atoms with E-state index in [-0.39, 0.29) is 6.04 Å². The molecule has 2 rings (SSSR count). The van der Waals surface area contributed by atoms with Gasteiger partial charge in [0.15, 0.2) is 0 Å². The smallest absolute Gasteiger partial charge is 0.121 e. The Morgan fingerprint density at radius 1 is 1.15 bits per heavy atom. The van der Waals surface area contributed by atoms with E-state index in [1.54, 1.807) is 0 Å². The summed E-state index contributed by atoms with van der Waals surface area (Å²) in [6.07, 6.45) is 1.00. The van der Waals surface area contributed by atoms with Gasteiger partial charge in [-0.25, -0.2) is 0 Å². The molecular formula is C17H17ClN2. The van der Waals surface area contributed by atoms with Gasteiger partial charge in [0.05, 0.1) is 6.07 Å². The van der Waals surface area contributed by atoms with Gasteiger partial charge in [0.2, 0.25) is 0 Å². The minimum Gasteiger partial charge on any atom is -0.294 e. The number of hydrogen-bond acceptors (Lipinski definition) is 2. The highest BCUT2D eigenvalue weighted by molar-refractivity contribution is 6.31. The average molecular weight is 285 g/mol. The first-order valence-corrected chi connectivity index (χ1v) is 7.07. The summed E-state index contributed by atoms with van der Waals surface area (Å²) in [5, 5.41) is 13.3. The molecule has 2 nitrogen and oxygen atoms in total. The van der Waals surface area contributed by atoms with Crippen molar-refractivity contribution in [3.8, 4) is 6.07 Å². The fourth-order valence-electron chi connectivity index (χ4n) is 2.04. The van der Waals surface area contributed by atoms with Gasteiger partial charge in [-0.2, -0.15) is 5.26 Å². The lowest BCUT2D eigenvalue weighted by atomic mass is 10.0. The predicted molar refractivity (Wildman–Crippen MR) is 82.5 cm³/mol. The Balaban J connectivity index is 2.06. The second-order valence-electron chi connectivity index (χ2n) is 4.63. The molecule has 0 saturated carbocycles. The molecule has 2 aromatic rings. The third-order valence-electron chi connectivity index (χ3n) is 3.30. The molecular weight excluding hydrogens is 268 g/mol. The van der Waals surface area contributed by atoms with Crippen LogP contribution in [0.4, 0.5) is 0 Å². The summed E-state index contributed by atoms with van der Waals surface area (Å²) in [7, 11) is 0. The van der Waals surface area contributed by atoms with Crippen molar-refractivity contribution in [3.63, 3.8) is 0 Å². The van der Waals surface area contributed by atoms with E-state index in [1.165, 1.54) is 5.56 Å². The molecule has 1 N–H and O–H groups in total. The Morgan fingerprint density at radius 2 is 1.85 bits per heavy atom. The van der Waals surface area contributed by atoms with Crippen LogP contribution in [0.15, 0.2) is 48.5 Å². The molecule has 3 heteroatoms. The second-order valence-corrected chi connectivity index (χ2v) is 5.04. The van der Waals surface area contributed by atoms with Crippen LogP contribution in [0.5, 0.6) is 0 Å². The summed E-state index contributed by atoms with van der Waals surface area (Å²) in [6.45, 7) is 2.69. The monoisotopic (exact) mass is 284 g/mol. The van der Waals surface area contributed by atoms with E-state index in [0.717, 1.165) is 22.6 Å². The van der Waals surface area contributed by atoms with Crippen LogP contribution >= 0.6 is 11.6 Å². The van der Waals surface area contributed by atoms with Crippen molar-refractivity contribution < 1.29 is 0 Å². The number of rotatable bonds is 5. The number of nitrogens with one attached hydrogen (secondary N) is 1. The molecule has 0 aromatic heterocycles. The van der Waals surface area contributed by atoms with Crippen LogP contribution in [0.25, 0.3) is 0 Å². The third-order valence-corrected chi connectivity index (χ3v) is 3.67. The van der Waals surface area contributed by atoms with E-state index < -0.39 is 0 Å². The summed E-state index contributed by atoms with van der Waals surface area (Å²) in [5.41, 5.74) is 3.26. The van der Waals surface area contributed by atoms with E-state index in [9.17, 15) is 5.26 Å². The summed E-state index contributed by atoms with van der Waals surface area (Å²) < 4.78 is 0. The molecule has 0 bridgehead atoms. The van der Waals surface area contributed by atoms with Crippen molar-refractivity contribution in [1.29, 1.82) is 5.26 Å². The SMILES string of the molecule is CCc1ccc(C(C#N)NCc2ccccc2Cl)cc1. The van der Waals surface area contributed by atoms with Gasteiger partial charge < -0.3 is 0 Å². The topological polar surface area (TPSA) is 35.8 Å². The highest BCUT2D eigenvalue weighted by atomic mass is 35.5. The van der Waals surface area contributed by atoms with Gasteiger partial charge in [-0.15, -0.1) is 0 Å². The van der Waals surface area contributed by atoms with Gasteiger partial charge in [0.1, 0.15) is 6.04 Å². The molecule has 20 heavy (non-hydrogen) atoms. The minimum atomic E-state index is -0.322. The average Bonchev–Trinajstić information content (AvgIpc) is 2.50. The van der Waals surface area contributed by atoms with Crippen LogP contribution in [0.1, 0.15) is 29.7 Å². The molecule has 0 saturated heterocycles. The van der Waals surface area contributed by atoms with Crippen molar-refractivity contribution in [2.24, 2.45) is 0 Å². The van der Waals surface area contributed by atoms with Crippen molar-refractivity contribution >= 4 is 11.6 Å². The van der Waals surface area contributed by atoms with Crippen LogP contribution in [0, 0.1) is 11.3 Å². The fraction of sp³-hybridized carbons (Fsp3) is 0.235. The molecule has 0 aliphatic rings. The maximum Gasteiger partial charge on any atom is 0.121 e. The molecule has 0 heterocycles. The van der Waals surface area contributed by atoms with Crippen molar-refractivity contribution in [3.05, 3.63) is 70.2 Å². The zero-order valence-corrected chi connectivity index (χ0v) is 12.2. The van der Waals surface area contributed by atoms with E-state index >= 15 is 0 Å². The summed E-state index contributed by atoms with van der Waals surface area (Å²) in [6, 6.07) is 17.8. The Morgan fingerprint density at radius 3 is 2.45 bits per heavy atom. The standard InChI is InChI=1S/C17H17ClN2/c1-2-13-7-9-14(10-8-13)17(11-19)20-12-15-5-3-4-6-16(15)18/h3-10,17,20H,2,12H2,1H3. The lowest BCUT2D eigenvalue weighted by Crippen LogP contribution is -2.19. The lowest BCUT2D eigenvalue weighted by molar-refractivity contribution is 0.630. The zero-order chi connectivity index (χ0) is 14.4. The first kappa shape index (κ1) is 14.6. The van der Waals surface area contributed by atoms with Crippen molar-refractivity contribution in [2.75, 3.05) is 0 Å². The Hall–Kier alpha value is -1.82. The minimum absolute atomic E-state index is 0.322. The fourth-order valence-corrected chi connectivity index (χ4v) is 2.24. The van der Waals surface area contributed by atoms with Crippen LogP contribution in [-0.2, 0) is 13.0 Å². The Bertz CT molecular complexity index is 599. The summed E-state index contributed by atoms with van der Waals surface area (Å²) >= 11 is 6.11. The number of benzene rings is 2. The van der Waals surface area contributed by atoms with Gasteiger partial charge >= 0.3 is 0 Å². The van der Waals surface area contributed by atoms with Crippen molar-refractivity contribution in [2.45, 2.75) is 25.9 Å². The maximum atomic E-state index is 9.31. The number of nitriles is 1. The van der Waals surface area contributed by atoms with E-state index in [0.29, 0.717) is 6.54 Å². The van der Waals surface area contributed by atoms with E-state index in [4.69, 9.17) is 11.6 Å². The zero-order valence-electron chi connectivity index (χ0n) is 11.4. The molecule has 0 aliphatic heterocycles. The maximum absolute atomic E-state index is 9.31. The van der Waals surface area contributed by atoms with Gasteiger partial charge in [-0.1, -0.05) is 61.0 Å². The molecule has 0 aliphatic carbocycles. The number of aryl methyl sites for hydroxylation is 1. The number of halogens is 1. The van der Waals surface area contributed by atoms with Gasteiger partial charge in [0, 0.05) is 11.6 Å². The molecule has 1 unspecified atom stereocenters. The number of hydrogen-bond donors (Lipinski definition) is 1. The molecule has 2 aromatic carbocycles. The number of nitrogens with zero attached hydrogens (tertiary/aromatic N) is 1. The molecule has 0 spiro atoms. The van der Waals surface area contributed by atoms with E-state index in [2.05, 4.69) is 30.4 Å². The molecule has 0 fully saturated rings. The second kappa shape index (κ2) is 7.09. The lowest BCUT2D eigenvalue weighted by Gasteiger charge is -2.13. The van der Waals surface area contributed by atoms with Crippen molar-refractivity contribution in [1.82, 2.24) is 5.32 Å². The first-order chi connectivity index (χ1) is 9.74. The molecule has 0 amide bonds. The first-order valence-electron chi connectivity index (χ1n) is 6.70. The largest absolute Gasteiger partial charge is 0.294 e. The highest BCUT2D eigenvalue weighted by Crippen LogP contribution is 2.18. The third kappa shape index (κ3) is 3.60. The summed E-state index contributed by atoms with van der Waals surface area (Å²) in [5.74, 6) is 0. The Labute approximate surface area is 125 Å².